The van der Waals surface area contributed by atoms with E-state index in [1.807, 2.05) is 6.92 Å². The molecule has 1 aromatic rings. The van der Waals surface area contributed by atoms with Crippen LogP contribution in [-0.2, 0) is 0 Å². The van der Waals surface area contributed by atoms with Crippen LogP contribution in [0.3, 0.4) is 0 Å². The van der Waals surface area contributed by atoms with Crippen molar-refractivity contribution in [3.05, 3.63) is 16.4 Å². The van der Waals surface area contributed by atoms with Crippen LogP contribution >= 0.6 is 0 Å². The van der Waals surface area contributed by atoms with Crippen molar-refractivity contribution in [3.8, 4) is 0 Å². The van der Waals surface area contributed by atoms with E-state index in [0.717, 1.165) is 0 Å². The SMILES string of the molecule is CCC(C)(O)CNc1ncnc(NC)c1[N+](=O)[O-]. The molecule has 0 fully saturated rings. The van der Waals surface area contributed by atoms with Gasteiger partial charge in [0.1, 0.15) is 6.33 Å². The van der Waals surface area contributed by atoms with E-state index in [4.69, 9.17) is 0 Å². The zero-order valence-electron chi connectivity index (χ0n) is 10.6. The molecule has 100 valence electrons. The molecule has 0 saturated heterocycles. The van der Waals surface area contributed by atoms with Gasteiger partial charge in [0.15, 0.2) is 0 Å². The minimum absolute atomic E-state index is 0.0908. The Balaban J connectivity index is 2.99. The summed E-state index contributed by atoms with van der Waals surface area (Å²) in [5.41, 5.74) is -1.18. The van der Waals surface area contributed by atoms with Gasteiger partial charge in [0.25, 0.3) is 0 Å². The molecule has 0 aromatic carbocycles. The highest BCUT2D eigenvalue weighted by Crippen LogP contribution is 2.28. The highest BCUT2D eigenvalue weighted by atomic mass is 16.6. The lowest BCUT2D eigenvalue weighted by molar-refractivity contribution is -0.383. The lowest BCUT2D eigenvalue weighted by Crippen LogP contribution is -2.32. The van der Waals surface area contributed by atoms with Crippen molar-refractivity contribution in [2.75, 3.05) is 24.2 Å². The smallest absolute Gasteiger partial charge is 0.353 e. The maximum atomic E-state index is 11.0. The number of aliphatic hydroxyl groups is 1. The van der Waals surface area contributed by atoms with E-state index >= 15 is 0 Å². The molecule has 18 heavy (non-hydrogen) atoms. The maximum absolute atomic E-state index is 11.0. The van der Waals surface area contributed by atoms with Crippen molar-refractivity contribution in [2.45, 2.75) is 25.9 Å². The fourth-order valence-electron chi connectivity index (χ4n) is 1.26. The number of aromatic nitrogens is 2. The number of rotatable bonds is 6. The average molecular weight is 255 g/mol. The minimum Gasteiger partial charge on any atom is -0.388 e. The first kappa shape index (κ1) is 14.1. The van der Waals surface area contributed by atoms with E-state index in [1.165, 1.54) is 6.33 Å². The molecule has 0 aliphatic rings. The van der Waals surface area contributed by atoms with Crippen molar-refractivity contribution < 1.29 is 10.0 Å². The first-order valence-electron chi connectivity index (χ1n) is 5.54. The Hall–Kier alpha value is -1.96. The molecule has 3 N–H and O–H groups in total. The minimum atomic E-state index is -0.946. The van der Waals surface area contributed by atoms with E-state index in [-0.39, 0.29) is 23.9 Å². The molecule has 0 bridgehead atoms. The second-order valence-corrected chi connectivity index (χ2v) is 4.13. The number of nitrogens with one attached hydrogen (secondary N) is 2. The van der Waals surface area contributed by atoms with E-state index in [1.54, 1.807) is 14.0 Å². The topological polar surface area (TPSA) is 113 Å². The number of nitro groups is 1. The molecule has 0 spiro atoms. The Morgan fingerprint density at radius 1 is 1.50 bits per heavy atom. The number of nitrogens with zero attached hydrogens (tertiary/aromatic N) is 3. The Morgan fingerprint density at radius 2 is 2.11 bits per heavy atom. The zero-order chi connectivity index (χ0) is 13.8. The fraction of sp³-hybridized carbons (Fsp3) is 0.600. The Kier molecular flexibility index (Phi) is 4.38. The lowest BCUT2D eigenvalue weighted by atomic mass is 10.0. The highest BCUT2D eigenvalue weighted by Gasteiger charge is 2.24. The quantitative estimate of drug-likeness (QED) is 0.513. The molecular formula is C10H17N5O3. The summed E-state index contributed by atoms with van der Waals surface area (Å²) in [4.78, 5) is 18.0. The van der Waals surface area contributed by atoms with Gasteiger partial charge in [0.2, 0.25) is 11.6 Å². The van der Waals surface area contributed by atoms with E-state index in [0.29, 0.717) is 6.42 Å². The van der Waals surface area contributed by atoms with Crippen LogP contribution in [0.4, 0.5) is 17.3 Å². The third-order valence-corrected chi connectivity index (χ3v) is 2.64. The molecule has 0 aliphatic carbocycles. The fourth-order valence-corrected chi connectivity index (χ4v) is 1.26. The molecule has 1 aromatic heterocycles. The average Bonchev–Trinajstić information content (AvgIpc) is 2.35. The van der Waals surface area contributed by atoms with Crippen LogP contribution in [0.15, 0.2) is 6.33 Å². The number of hydrogen-bond donors (Lipinski definition) is 3. The lowest BCUT2D eigenvalue weighted by Gasteiger charge is -2.21. The van der Waals surface area contributed by atoms with Gasteiger partial charge in [-0.25, -0.2) is 9.97 Å². The molecular weight excluding hydrogens is 238 g/mol. The molecule has 1 unspecified atom stereocenters. The van der Waals surface area contributed by atoms with Gasteiger partial charge in [-0.1, -0.05) is 6.92 Å². The second-order valence-electron chi connectivity index (χ2n) is 4.13. The normalized spacial score (nSPS) is 13.8. The Bertz CT molecular complexity index is 436. The first-order valence-corrected chi connectivity index (χ1v) is 5.54. The van der Waals surface area contributed by atoms with Gasteiger partial charge in [-0.2, -0.15) is 0 Å². The van der Waals surface area contributed by atoms with Gasteiger partial charge in [-0.3, -0.25) is 10.1 Å². The van der Waals surface area contributed by atoms with Crippen LogP contribution < -0.4 is 10.6 Å². The number of anilines is 2. The molecule has 1 atom stereocenters. The Labute approximate surface area is 105 Å². The van der Waals surface area contributed by atoms with Crippen molar-refractivity contribution >= 4 is 17.3 Å². The van der Waals surface area contributed by atoms with Gasteiger partial charge in [0.05, 0.1) is 10.5 Å². The monoisotopic (exact) mass is 255 g/mol. The van der Waals surface area contributed by atoms with E-state index < -0.39 is 10.5 Å². The standard InChI is InChI=1S/C10H17N5O3/c1-4-10(2,16)5-12-9-7(15(17)18)8(11-3)13-6-14-9/h6,16H,4-5H2,1-3H3,(H2,11,12,13,14). The van der Waals surface area contributed by atoms with E-state index in [2.05, 4.69) is 20.6 Å². The van der Waals surface area contributed by atoms with Crippen LogP contribution in [0.2, 0.25) is 0 Å². The molecule has 1 heterocycles. The van der Waals surface area contributed by atoms with Crippen molar-refractivity contribution in [2.24, 2.45) is 0 Å². The first-order chi connectivity index (χ1) is 8.41. The summed E-state index contributed by atoms with van der Waals surface area (Å²) in [5, 5.41) is 26.2. The third-order valence-electron chi connectivity index (χ3n) is 2.64. The molecule has 0 radical (unpaired) electrons. The van der Waals surface area contributed by atoms with Gasteiger partial charge in [0, 0.05) is 13.6 Å². The van der Waals surface area contributed by atoms with Gasteiger partial charge in [-0.15, -0.1) is 0 Å². The Morgan fingerprint density at radius 3 is 2.61 bits per heavy atom. The van der Waals surface area contributed by atoms with Crippen LogP contribution in [0.25, 0.3) is 0 Å². The summed E-state index contributed by atoms with van der Waals surface area (Å²) in [7, 11) is 1.54. The maximum Gasteiger partial charge on any atom is 0.353 e. The third kappa shape index (κ3) is 3.27. The van der Waals surface area contributed by atoms with Gasteiger partial charge in [-0.05, 0) is 13.3 Å². The molecule has 0 amide bonds. The number of hydrogen-bond acceptors (Lipinski definition) is 7. The second kappa shape index (κ2) is 5.58. The van der Waals surface area contributed by atoms with Gasteiger partial charge < -0.3 is 15.7 Å². The molecule has 0 aliphatic heterocycles. The molecule has 0 saturated carbocycles. The highest BCUT2D eigenvalue weighted by molar-refractivity contribution is 5.69. The molecule has 8 heteroatoms. The molecule has 8 nitrogen and oxygen atoms in total. The van der Waals surface area contributed by atoms with Crippen LogP contribution in [0, 0.1) is 10.1 Å². The van der Waals surface area contributed by atoms with Crippen molar-refractivity contribution in [1.29, 1.82) is 0 Å². The van der Waals surface area contributed by atoms with E-state index in [9.17, 15) is 15.2 Å². The van der Waals surface area contributed by atoms with Crippen molar-refractivity contribution in [1.82, 2.24) is 9.97 Å². The largest absolute Gasteiger partial charge is 0.388 e. The summed E-state index contributed by atoms with van der Waals surface area (Å²) < 4.78 is 0. The van der Waals surface area contributed by atoms with Crippen LogP contribution in [-0.4, -0.2) is 39.2 Å². The summed E-state index contributed by atoms with van der Waals surface area (Å²) in [6.45, 7) is 3.64. The zero-order valence-corrected chi connectivity index (χ0v) is 10.6. The summed E-state index contributed by atoms with van der Waals surface area (Å²) in [6, 6.07) is 0. The summed E-state index contributed by atoms with van der Waals surface area (Å²) in [6.07, 6.45) is 1.75. The predicted octanol–water partition coefficient (Wildman–Crippen LogP) is 0.999. The van der Waals surface area contributed by atoms with Crippen LogP contribution in [0.5, 0.6) is 0 Å². The summed E-state index contributed by atoms with van der Waals surface area (Å²) >= 11 is 0. The summed E-state index contributed by atoms with van der Waals surface area (Å²) in [5.74, 6) is 0.224. The predicted molar refractivity (Wildman–Crippen MR) is 67.6 cm³/mol. The van der Waals surface area contributed by atoms with Crippen molar-refractivity contribution in [3.63, 3.8) is 0 Å². The van der Waals surface area contributed by atoms with Crippen LogP contribution in [0.1, 0.15) is 20.3 Å². The molecule has 1 rings (SSSR count). The van der Waals surface area contributed by atoms with Gasteiger partial charge >= 0.3 is 5.69 Å².